The third kappa shape index (κ3) is 3.03. The van der Waals surface area contributed by atoms with E-state index < -0.39 is 0 Å². The Labute approximate surface area is 91.1 Å². The Morgan fingerprint density at radius 2 is 2.14 bits per heavy atom. The molecule has 0 saturated carbocycles. The van der Waals surface area contributed by atoms with Crippen molar-refractivity contribution in [3.05, 3.63) is 29.8 Å². The molecule has 0 spiro atoms. The number of hydrogen-bond donors (Lipinski definition) is 0. The molecule has 1 aromatic carbocycles. The predicted molar refractivity (Wildman–Crippen MR) is 56.6 cm³/mol. The molecule has 0 atom stereocenters. The zero-order valence-electron chi connectivity index (χ0n) is 7.83. The molecule has 0 aliphatic heterocycles. The van der Waals surface area contributed by atoms with E-state index in [0.29, 0.717) is 11.1 Å². The van der Waals surface area contributed by atoms with Crippen LogP contribution in [0.3, 0.4) is 0 Å². The van der Waals surface area contributed by atoms with Crippen LogP contribution in [0.5, 0.6) is 5.75 Å². The maximum Gasteiger partial charge on any atom is 0.343 e. The largest absolute Gasteiger partial charge is 0.482 e. The third-order valence-corrected chi connectivity index (χ3v) is 2.29. The highest BCUT2D eigenvalue weighted by Gasteiger charge is 2.04. The van der Waals surface area contributed by atoms with Gasteiger partial charge in [0, 0.05) is 10.9 Å². The van der Waals surface area contributed by atoms with E-state index in [0.717, 1.165) is 5.56 Å². The Hall–Kier alpha value is -1.03. The van der Waals surface area contributed by atoms with E-state index in [2.05, 4.69) is 20.7 Å². The molecule has 0 aliphatic rings. The number of benzene rings is 1. The summed E-state index contributed by atoms with van der Waals surface area (Å²) < 4.78 is 9.75. The van der Waals surface area contributed by atoms with Crippen molar-refractivity contribution in [1.29, 1.82) is 0 Å². The molecule has 0 unspecified atom stereocenters. The van der Waals surface area contributed by atoms with Crippen molar-refractivity contribution in [2.75, 3.05) is 13.7 Å². The molecular weight excluding hydrogens is 248 g/mol. The van der Waals surface area contributed by atoms with Gasteiger partial charge in [-0.2, -0.15) is 0 Å². The first-order chi connectivity index (χ1) is 6.77. The number of carbonyl (C=O) groups excluding carboxylic acids is 1. The van der Waals surface area contributed by atoms with Crippen molar-refractivity contribution in [3.63, 3.8) is 0 Å². The predicted octanol–water partition coefficient (Wildman–Crippen LogP) is 2.13. The van der Waals surface area contributed by atoms with Crippen LogP contribution in [0.4, 0.5) is 0 Å². The Kier molecular flexibility index (Phi) is 4.46. The van der Waals surface area contributed by atoms with Crippen molar-refractivity contribution in [3.8, 4) is 5.75 Å². The topological polar surface area (TPSA) is 35.5 Å². The monoisotopic (exact) mass is 258 g/mol. The number of halogens is 1. The molecule has 0 fully saturated rings. The Bertz CT molecular complexity index is 312. The number of rotatable bonds is 4. The molecule has 0 aromatic heterocycles. The molecule has 76 valence electrons. The van der Waals surface area contributed by atoms with Crippen molar-refractivity contribution in [1.82, 2.24) is 0 Å². The minimum atomic E-state index is -0.380. The van der Waals surface area contributed by atoms with Crippen molar-refractivity contribution in [2.45, 2.75) is 5.33 Å². The second kappa shape index (κ2) is 5.65. The summed E-state index contributed by atoms with van der Waals surface area (Å²) in [7, 11) is 1.34. The second-order valence-electron chi connectivity index (χ2n) is 2.61. The SMILES string of the molecule is COC(=O)COc1ccccc1CBr. The lowest BCUT2D eigenvalue weighted by atomic mass is 10.2. The van der Waals surface area contributed by atoms with Crippen molar-refractivity contribution >= 4 is 21.9 Å². The normalized spacial score (nSPS) is 9.57. The van der Waals surface area contributed by atoms with Crippen molar-refractivity contribution < 1.29 is 14.3 Å². The van der Waals surface area contributed by atoms with Gasteiger partial charge in [-0.25, -0.2) is 4.79 Å². The maximum absolute atomic E-state index is 10.8. The van der Waals surface area contributed by atoms with E-state index >= 15 is 0 Å². The summed E-state index contributed by atoms with van der Waals surface area (Å²) in [5.41, 5.74) is 1.01. The van der Waals surface area contributed by atoms with Gasteiger partial charge in [-0.05, 0) is 6.07 Å². The van der Waals surface area contributed by atoms with Gasteiger partial charge in [-0.15, -0.1) is 0 Å². The smallest absolute Gasteiger partial charge is 0.343 e. The van der Waals surface area contributed by atoms with E-state index in [1.165, 1.54) is 7.11 Å². The quantitative estimate of drug-likeness (QED) is 0.613. The van der Waals surface area contributed by atoms with E-state index in [1.807, 2.05) is 24.3 Å². The number of para-hydroxylation sites is 1. The zero-order valence-corrected chi connectivity index (χ0v) is 9.41. The fourth-order valence-corrected chi connectivity index (χ4v) is 1.41. The molecule has 0 heterocycles. The summed E-state index contributed by atoms with van der Waals surface area (Å²) in [5, 5.41) is 0.699. The summed E-state index contributed by atoms with van der Waals surface area (Å²) >= 11 is 3.34. The van der Waals surface area contributed by atoms with Gasteiger partial charge >= 0.3 is 5.97 Å². The third-order valence-electron chi connectivity index (χ3n) is 1.69. The van der Waals surface area contributed by atoms with Crippen LogP contribution in [0.2, 0.25) is 0 Å². The standard InChI is InChI=1S/C10H11BrO3/c1-13-10(12)7-14-9-5-3-2-4-8(9)6-11/h2-5H,6-7H2,1H3. The minimum absolute atomic E-state index is 0.0550. The van der Waals surface area contributed by atoms with E-state index in [9.17, 15) is 4.79 Å². The van der Waals surface area contributed by atoms with Crippen LogP contribution in [-0.2, 0) is 14.9 Å². The number of ether oxygens (including phenoxy) is 2. The molecular formula is C10H11BrO3. The van der Waals surface area contributed by atoms with E-state index in [4.69, 9.17) is 4.74 Å². The maximum atomic E-state index is 10.8. The average Bonchev–Trinajstić information content (AvgIpc) is 2.26. The number of alkyl halides is 1. The molecule has 0 amide bonds. The fourth-order valence-electron chi connectivity index (χ4n) is 0.951. The zero-order chi connectivity index (χ0) is 10.4. The van der Waals surface area contributed by atoms with Gasteiger partial charge in [0.1, 0.15) is 5.75 Å². The van der Waals surface area contributed by atoms with Gasteiger partial charge in [-0.1, -0.05) is 34.1 Å². The van der Waals surface area contributed by atoms with Crippen LogP contribution < -0.4 is 4.74 Å². The number of methoxy groups -OCH3 is 1. The summed E-state index contributed by atoms with van der Waals surface area (Å²) in [4.78, 5) is 10.8. The molecule has 1 aromatic rings. The van der Waals surface area contributed by atoms with E-state index in [1.54, 1.807) is 0 Å². The van der Waals surface area contributed by atoms with Gasteiger partial charge < -0.3 is 9.47 Å². The number of esters is 1. The van der Waals surface area contributed by atoms with Gasteiger partial charge in [-0.3, -0.25) is 0 Å². The molecule has 0 bridgehead atoms. The lowest BCUT2D eigenvalue weighted by molar-refractivity contribution is -0.142. The summed E-state index contributed by atoms with van der Waals surface area (Å²) in [6.07, 6.45) is 0. The fraction of sp³-hybridized carbons (Fsp3) is 0.300. The Balaban J connectivity index is 2.61. The van der Waals surface area contributed by atoms with Crippen LogP contribution in [-0.4, -0.2) is 19.7 Å². The van der Waals surface area contributed by atoms with Crippen LogP contribution in [0, 0.1) is 0 Å². The highest BCUT2D eigenvalue weighted by molar-refractivity contribution is 9.08. The van der Waals surface area contributed by atoms with Gasteiger partial charge in [0.2, 0.25) is 0 Å². The summed E-state index contributed by atoms with van der Waals surface area (Å²) in [6.45, 7) is -0.0550. The Morgan fingerprint density at radius 1 is 1.43 bits per heavy atom. The highest BCUT2D eigenvalue weighted by Crippen LogP contribution is 2.20. The molecule has 1 rings (SSSR count). The molecule has 14 heavy (non-hydrogen) atoms. The second-order valence-corrected chi connectivity index (χ2v) is 3.17. The van der Waals surface area contributed by atoms with Gasteiger partial charge in [0.25, 0.3) is 0 Å². The minimum Gasteiger partial charge on any atom is -0.482 e. The summed E-state index contributed by atoms with van der Waals surface area (Å²) in [6, 6.07) is 7.53. The van der Waals surface area contributed by atoms with Crippen LogP contribution >= 0.6 is 15.9 Å². The van der Waals surface area contributed by atoms with Crippen LogP contribution in [0.1, 0.15) is 5.56 Å². The molecule has 0 saturated heterocycles. The van der Waals surface area contributed by atoms with E-state index in [-0.39, 0.29) is 12.6 Å². The highest BCUT2D eigenvalue weighted by atomic mass is 79.9. The number of carbonyl (C=O) groups is 1. The first kappa shape index (κ1) is 11.0. The summed E-state index contributed by atoms with van der Waals surface area (Å²) in [5.74, 6) is 0.323. The first-order valence-corrected chi connectivity index (χ1v) is 5.23. The lowest BCUT2D eigenvalue weighted by Gasteiger charge is -2.07. The number of hydrogen-bond acceptors (Lipinski definition) is 3. The molecule has 0 aliphatic carbocycles. The van der Waals surface area contributed by atoms with Crippen LogP contribution in [0.25, 0.3) is 0 Å². The van der Waals surface area contributed by atoms with Gasteiger partial charge in [0.05, 0.1) is 7.11 Å². The molecule has 3 nitrogen and oxygen atoms in total. The van der Waals surface area contributed by atoms with Gasteiger partial charge in [0.15, 0.2) is 6.61 Å². The van der Waals surface area contributed by atoms with Crippen LogP contribution in [0.15, 0.2) is 24.3 Å². The Morgan fingerprint density at radius 3 is 2.79 bits per heavy atom. The molecule has 0 N–H and O–H groups in total. The molecule has 0 radical (unpaired) electrons. The first-order valence-electron chi connectivity index (χ1n) is 4.11. The van der Waals surface area contributed by atoms with Crippen molar-refractivity contribution in [2.24, 2.45) is 0 Å². The average molecular weight is 259 g/mol. The molecule has 4 heteroatoms. The lowest BCUT2D eigenvalue weighted by Crippen LogP contribution is -2.13.